The molecule has 0 radical (unpaired) electrons. The van der Waals surface area contributed by atoms with Crippen LogP contribution in [0, 0.1) is 5.92 Å². The van der Waals surface area contributed by atoms with Crippen LogP contribution in [0.5, 0.6) is 0 Å². The molecule has 0 spiro atoms. The first-order valence-corrected chi connectivity index (χ1v) is 12.5. The second kappa shape index (κ2) is 9.77. The van der Waals surface area contributed by atoms with Crippen LogP contribution in [0.15, 0.2) is 18.2 Å². The van der Waals surface area contributed by atoms with Gasteiger partial charge in [0.15, 0.2) is 0 Å². The minimum Gasteiger partial charge on any atom is -0.385 e. The summed E-state index contributed by atoms with van der Waals surface area (Å²) in [5.41, 5.74) is -0.499. The van der Waals surface area contributed by atoms with Crippen molar-refractivity contribution in [2.24, 2.45) is 5.92 Å². The first kappa shape index (κ1) is 23.8. The zero-order chi connectivity index (χ0) is 22.6. The molecule has 2 aliphatic rings. The molecule has 6 nitrogen and oxygen atoms in total. The number of hydrogen-bond acceptors (Lipinski definition) is 4. The van der Waals surface area contributed by atoms with Crippen molar-refractivity contribution >= 4 is 21.6 Å². The van der Waals surface area contributed by atoms with Gasteiger partial charge in [0.1, 0.15) is 0 Å². The number of amides is 1. The fourth-order valence-corrected chi connectivity index (χ4v) is 5.11. The Morgan fingerprint density at radius 3 is 2.32 bits per heavy atom. The molecule has 1 amide bonds. The molecule has 3 rings (SSSR count). The Labute approximate surface area is 181 Å². The van der Waals surface area contributed by atoms with Crippen molar-refractivity contribution < 1.29 is 26.4 Å². The molecule has 1 heterocycles. The lowest BCUT2D eigenvalue weighted by molar-refractivity contribution is -0.137. The molecule has 0 unspecified atom stereocenters. The summed E-state index contributed by atoms with van der Waals surface area (Å²) >= 11 is 0. The lowest BCUT2D eigenvalue weighted by Gasteiger charge is -2.29. The van der Waals surface area contributed by atoms with Gasteiger partial charge < -0.3 is 10.2 Å². The lowest BCUT2D eigenvalue weighted by Crippen LogP contribution is -2.39. The van der Waals surface area contributed by atoms with Gasteiger partial charge in [-0.2, -0.15) is 13.2 Å². The van der Waals surface area contributed by atoms with E-state index in [9.17, 15) is 26.4 Å². The minimum absolute atomic E-state index is 0.0442. The quantitative estimate of drug-likeness (QED) is 0.647. The molecule has 2 fully saturated rings. The fourth-order valence-electron chi connectivity index (χ4n) is 4.20. The summed E-state index contributed by atoms with van der Waals surface area (Å²) in [6, 6.07) is 3.38. The van der Waals surface area contributed by atoms with Gasteiger partial charge in [-0.3, -0.25) is 4.79 Å². The van der Waals surface area contributed by atoms with Gasteiger partial charge in [0.25, 0.3) is 5.91 Å². The van der Waals surface area contributed by atoms with Crippen molar-refractivity contribution in [3.8, 4) is 0 Å². The topological polar surface area (TPSA) is 78.5 Å². The number of carbonyl (C=O) groups excluding carboxylic acids is 1. The zero-order valence-corrected chi connectivity index (χ0v) is 18.5. The fraction of sp³-hybridized carbons (Fsp3) is 0.667. The molecule has 1 saturated carbocycles. The molecule has 1 aliphatic carbocycles. The lowest BCUT2D eigenvalue weighted by atomic mass is 9.86. The number of likely N-dealkylation sites (tertiary alicyclic amines) is 1. The zero-order valence-electron chi connectivity index (χ0n) is 17.7. The molecule has 2 N–H and O–H groups in total. The Morgan fingerprint density at radius 1 is 1.10 bits per heavy atom. The number of benzene rings is 1. The maximum Gasteiger partial charge on any atom is 0.416 e. The van der Waals surface area contributed by atoms with Crippen LogP contribution in [0.3, 0.4) is 0 Å². The number of alkyl halides is 3. The number of carbonyl (C=O) groups is 1. The number of nitrogens with one attached hydrogen (secondary N) is 2. The van der Waals surface area contributed by atoms with E-state index in [1.165, 1.54) is 6.07 Å². The molecule has 31 heavy (non-hydrogen) atoms. The van der Waals surface area contributed by atoms with Crippen LogP contribution in [-0.2, 0) is 16.2 Å². The van der Waals surface area contributed by atoms with E-state index >= 15 is 0 Å². The molecule has 10 heteroatoms. The van der Waals surface area contributed by atoms with E-state index in [0.29, 0.717) is 32.5 Å². The third-order valence-electron chi connectivity index (χ3n) is 6.07. The summed E-state index contributed by atoms with van der Waals surface area (Å²) in [5, 5.41) is 3.08. The van der Waals surface area contributed by atoms with Gasteiger partial charge in [0, 0.05) is 36.9 Å². The van der Waals surface area contributed by atoms with Gasteiger partial charge in [-0.15, -0.1) is 0 Å². The predicted molar refractivity (Wildman–Crippen MR) is 113 cm³/mol. The van der Waals surface area contributed by atoms with Crippen molar-refractivity contribution in [1.82, 2.24) is 9.62 Å². The molecule has 1 aliphatic heterocycles. The summed E-state index contributed by atoms with van der Waals surface area (Å²) in [5.74, 6) is -0.0901. The van der Waals surface area contributed by atoms with Crippen LogP contribution in [0.1, 0.15) is 61.4 Å². The van der Waals surface area contributed by atoms with Gasteiger partial charge in [0.05, 0.1) is 11.3 Å². The highest BCUT2D eigenvalue weighted by Gasteiger charge is 2.33. The average molecular weight is 462 g/mol. The van der Waals surface area contributed by atoms with E-state index in [2.05, 4.69) is 10.0 Å². The molecule has 1 saturated heterocycles. The van der Waals surface area contributed by atoms with E-state index in [0.717, 1.165) is 37.8 Å². The van der Waals surface area contributed by atoms with E-state index in [1.54, 1.807) is 11.8 Å². The number of anilines is 1. The summed E-state index contributed by atoms with van der Waals surface area (Å²) in [6.45, 7) is 3.22. The smallest absolute Gasteiger partial charge is 0.385 e. The van der Waals surface area contributed by atoms with Crippen LogP contribution in [0.25, 0.3) is 0 Å². The molecule has 1 aromatic rings. The SMILES string of the molecule is CCS(=O)(=O)NC1CCC(CNc2cc(C(=O)N3CCCC3)cc(C(F)(F)F)c2)CC1. The van der Waals surface area contributed by atoms with E-state index < -0.39 is 21.8 Å². The molecule has 174 valence electrons. The standard InChI is InChI=1S/C21H30F3N3O3S/c1-2-31(29,30)26-18-7-5-15(6-8-18)14-25-19-12-16(11-17(13-19)21(22,23)24)20(28)27-9-3-4-10-27/h11-13,15,18,25-26H,2-10,14H2,1H3. The monoisotopic (exact) mass is 461 g/mol. The van der Waals surface area contributed by atoms with Crippen molar-refractivity contribution in [3.63, 3.8) is 0 Å². The second-order valence-corrected chi connectivity index (χ2v) is 10.5. The normalized spacial score (nSPS) is 22.5. The number of halogens is 3. The summed E-state index contributed by atoms with van der Waals surface area (Å²) in [4.78, 5) is 14.2. The van der Waals surface area contributed by atoms with E-state index in [4.69, 9.17) is 0 Å². The molecule has 0 aromatic heterocycles. The number of hydrogen-bond donors (Lipinski definition) is 2. The summed E-state index contributed by atoms with van der Waals surface area (Å²) in [7, 11) is -3.24. The molecular weight excluding hydrogens is 431 g/mol. The van der Waals surface area contributed by atoms with E-state index in [-0.39, 0.29) is 34.9 Å². The Morgan fingerprint density at radius 2 is 1.74 bits per heavy atom. The average Bonchev–Trinajstić information content (AvgIpc) is 3.26. The summed E-state index contributed by atoms with van der Waals surface area (Å²) in [6.07, 6.45) is 0.163. The van der Waals surface area contributed by atoms with Crippen molar-refractivity contribution in [2.75, 3.05) is 30.7 Å². The van der Waals surface area contributed by atoms with Crippen LogP contribution in [0.4, 0.5) is 18.9 Å². The highest BCUT2D eigenvalue weighted by molar-refractivity contribution is 7.89. The molecule has 1 aromatic carbocycles. The van der Waals surface area contributed by atoms with Gasteiger partial charge in [-0.1, -0.05) is 0 Å². The van der Waals surface area contributed by atoms with Crippen LogP contribution in [-0.4, -0.2) is 50.7 Å². The predicted octanol–water partition coefficient (Wildman–Crippen LogP) is 3.85. The van der Waals surface area contributed by atoms with Gasteiger partial charge in [-0.25, -0.2) is 13.1 Å². The second-order valence-electron chi connectivity index (χ2n) is 8.42. The Hall–Kier alpha value is -1.81. The van der Waals surface area contributed by atoms with Crippen molar-refractivity contribution in [1.29, 1.82) is 0 Å². The first-order valence-electron chi connectivity index (χ1n) is 10.8. The largest absolute Gasteiger partial charge is 0.416 e. The first-order chi connectivity index (χ1) is 14.6. The maximum atomic E-state index is 13.4. The van der Waals surface area contributed by atoms with Gasteiger partial charge in [0.2, 0.25) is 10.0 Å². The Balaban J connectivity index is 1.63. The number of rotatable bonds is 7. The van der Waals surface area contributed by atoms with Gasteiger partial charge >= 0.3 is 6.18 Å². The van der Waals surface area contributed by atoms with Crippen LogP contribution < -0.4 is 10.0 Å². The third-order valence-corrected chi connectivity index (χ3v) is 7.52. The summed E-state index contributed by atoms with van der Waals surface area (Å²) < 4.78 is 66.3. The van der Waals surface area contributed by atoms with Crippen molar-refractivity contribution in [2.45, 2.75) is 57.7 Å². The van der Waals surface area contributed by atoms with Gasteiger partial charge in [-0.05, 0) is 69.6 Å². The van der Waals surface area contributed by atoms with E-state index in [1.807, 2.05) is 0 Å². The number of sulfonamides is 1. The molecule has 0 bridgehead atoms. The Bertz CT molecular complexity index is 876. The Kier molecular flexibility index (Phi) is 7.51. The highest BCUT2D eigenvalue weighted by Crippen LogP contribution is 2.33. The molecule has 0 atom stereocenters. The maximum absolute atomic E-state index is 13.4. The molecular formula is C21H30F3N3O3S. The van der Waals surface area contributed by atoms with Crippen molar-refractivity contribution in [3.05, 3.63) is 29.3 Å². The number of nitrogens with zero attached hydrogens (tertiary/aromatic N) is 1. The van der Waals surface area contributed by atoms with Crippen LogP contribution >= 0.6 is 0 Å². The van der Waals surface area contributed by atoms with Crippen LogP contribution in [0.2, 0.25) is 0 Å². The highest BCUT2D eigenvalue weighted by atomic mass is 32.2. The minimum atomic E-state index is -4.54. The third kappa shape index (κ3) is 6.58.